The molecule has 0 amide bonds. The first kappa shape index (κ1) is 20.5. The number of pyridine rings is 1. The third kappa shape index (κ3) is 3.98. The number of nitrogens with one attached hydrogen (secondary N) is 1. The van der Waals surface area contributed by atoms with Crippen LogP contribution in [0, 0.1) is 17.1 Å². The molecule has 0 spiro atoms. The van der Waals surface area contributed by atoms with Crippen molar-refractivity contribution < 1.29 is 4.39 Å². The molecule has 1 aliphatic heterocycles. The van der Waals surface area contributed by atoms with Gasteiger partial charge in [-0.15, -0.1) is 0 Å². The number of benzene rings is 1. The number of halogens is 1. The molecular weight excluding hydrogens is 397 g/mol. The van der Waals surface area contributed by atoms with E-state index in [-0.39, 0.29) is 11.1 Å². The van der Waals surface area contributed by atoms with Gasteiger partial charge in [0, 0.05) is 44.0 Å². The third-order valence-corrected chi connectivity index (χ3v) is 5.33. The van der Waals surface area contributed by atoms with Crippen molar-refractivity contribution in [2.75, 3.05) is 36.8 Å². The maximum absolute atomic E-state index is 14.4. The molecule has 158 valence electrons. The summed E-state index contributed by atoms with van der Waals surface area (Å²) < 4.78 is 15.9. The Hall–Kier alpha value is -3.77. The molecule has 4 rings (SSSR count). The molecule has 1 saturated heterocycles. The normalized spacial score (nSPS) is 14.2. The Labute approximate surface area is 178 Å². The Morgan fingerprint density at radius 3 is 2.71 bits per heavy atom. The Kier molecular flexibility index (Phi) is 5.64. The second kappa shape index (κ2) is 8.53. The summed E-state index contributed by atoms with van der Waals surface area (Å²) in [5.41, 5.74) is 6.96. The van der Waals surface area contributed by atoms with E-state index >= 15 is 0 Å². The average Bonchev–Trinajstić information content (AvgIpc) is 3.06. The fourth-order valence-corrected chi connectivity index (χ4v) is 3.69. The Morgan fingerprint density at radius 1 is 1.19 bits per heavy atom. The van der Waals surface area contributed by atoms with Crippen LogP contribution < -0.4 is 21.5 Å². The zero-order valence-corrected chi connectivity index (χ0v) is 17.1. The molecule has 3 aromatic rings. The molecule has 0 unspecified atom stereocenters. The second-order valence-electron chi connectivity index (χ2n) is 7.37. The predicted octanol–water partition coefficient (Wildman–Crippen LogP) is 1.90. The minimum atomic E-state index is -0.663. The van der Waals surface area contributed by atoms with Gasteiger partial charge in [0.25, 0.3) is 5.56 Å². The van der Waals surface area contributed by atoms with Crippen LogP contribution in [-0.4, -0.2) is 40.7 Å². The first-order valence-electron chi connectivity index (χ1n) is 9.98. The molecule has 2 aromatic heterocycles. The van der Waals surface area contributed by atoms with E-state index in [1.54, 1.807) is 25.2 Å². The lowest BCUT2D eigenvalue weighted by Crippen LogP contribution is -2.35. The third-order valence-electron chi connectivity index (χ3n) is 5.33. The van der Waals surface area contributed by atoms with E-state index in [4.69, 9.17) is 16.0 Å². The number of rotatable bonds is 3. The highest BCUT2D eigenvalue weighted by Gasteiger charge is 2.22. The molecule has 9 heteroatoms. The van der Waals surface area contributed by atoms with E-state index in [1.165, 1.54) is 22.9 Å². The summed E-state index contributed by atoms with van der Waals surface area (Å²) in [6, 6.07) is 9.35. The molecule has 0 radical (unpaired) electrons. The van der Waals surface area contributed by atoms with E-state index in [0.29, 0.717) is 40.7 Å². The first-order valence-corrected chi connectivity index (χ1v) is 9.98. The number of nitrogen functional groups attached to an aromatic ring is 1. The molecule has 0 bridgehead atoms. The maximum Gasteiger partial charge on any atom is 0.263 e. The number of nitrogens with zero attached hydrogens (tertiary/aromatic N) is 5. The van der Waals surface area contributed by atoms with Crippen molar-refractivity contribution in [2.24, 2.45) is 7.05 Å². The Morgan fingerprint density at radius 2 is 2.00 bits per heavy atom. The lowest BCUT2D eigenvalue weighted by Gasteiger charge is -2.25. The van der Waals surface area contributed by atoms with Crippen molar-refractivity contribution in [3.8, 4) is 28.5 Å². The molecule has 1 aliphatic rings. The Balaban J connectivity index is 1.96. The smallest absolute Gasteiger partial charge is 0.263 e. The zero-order valence-electron chi connectivity index (χ0n) is 17.1. The van der Waals surface area contributed by atoms with Gasteiger partial charge >= 0.3 is 0 Å². The minimum Gasteiger partial charge on any atom is -0.384 e. The minimum absolute atomic E-state index is 0.0675. The van der Waals surface area contributed by atoms with E-state index in [9.17, 15) is 9.18 Å². The van der Waals surface area contributed by atoms with Crippen LogP contribution in [0.5, 0.6) is 0 Å². The van der Waals surface area contributed by atoms with Gasteiger partial charge in [-0.1, -0.05) is 6.07 Å². The summed E-state index contributed by atoms with van der Waals surface area (Å²) in [4.78, 5) is 24.4. The number of anilines is 2. The van der Waals surface area contributed by atoms with E-state index in [0.717, 1.165) is 26.1 Å². The topological polar surface area (TPSA) is 113 Å². The van der Waals surface area contributed by atoms with Gasteiger partial charge in [-0.05, 0) is 37.2 Å². The SMILES string of the molecule is Cn1c(N2CCCNCC2)nc(-c2ccc(C#N)c(F)c2)c(-c2ccc(N)nc2)c1=O. The van der Waals surface area contributed by atoms with Gasteiger partial charge in [0.15, 0.2) is 0 Å². The molecule has 1 fully saturated rings. The average molecular weight is 419 g/mol. The van der Waals surface area contributed by atoms with Gasteiger partial charge in [-0.2, -0.15) is 5.26 Å². The molecule has 1 aromatic carbocycles. The standard InChI is InChI=1S/C22H22FN7O/c1-29-21(31)19(16-5-6-18(25)27-13-16)20(14-3-4-15(12-24)17(23)11-14)28-22(29)30-9-2-7-26-8-10-30/h3-6,11,13,26H,2,7-10H2,1H3,(H2,25,27). The molecule has 31 heavy (non-hydrogen) atoms. The monoisotopic (exact) mass is 419 g/mol. The fraction of sp³-hybridized carbons (Fsp3) is 0.273. The molecular formula is C22H22FN7O. The number of hydrogen-bond donors (Lipinski definition) is 2. The summed E-state index contributed by atoms with van der Waals surface area (Å²) in [5, 5.41) is 12.4. The van der Waals surface area contributed by atoms with Crippen molar-refractivity contribution in [1.29, 1.82) is 5.26 Å². The van der Waals surface area contributed by atoms with Crippen LogP contribution in [0.25, 0.3) is 22.4 Å². The summed E-state index contributed by atoms with van der Waals surface area (Å²) in [7, 11) is 1.68. The van der Waals surface area contributed by atoms with Crippen molar-refractivity contribution in [2.45, 2.75) is 6.42 Å². The molecule has 3 N–H and O–H groups in total. The molecule has 0 saturated carbocycles. The Bertz CT molecular complexity index is 1210. The second-order valence-corrected chi connectivity index (χ2v) is 7.37. The summed E-state index contributed by atoms with van der Waals surface area (Å²) in [6.07, 6.45) is 2.42. The van der Waals surface area contributed by atoms with E-state index < -0.39 is 5.82 Å². The highest BCUT2D eigenvalue weighted by molar-refractivity contribution is 5.81. The van der Waals surface area contributed by atoms with Crippen molar-refractivity contribution >= 4 is 11.8 Å². The highest BCUT2D eigenvalue weighted by Crippen LogP contribution is 2.30. The maximum atomic E-state index is 14.4. The first-order chi connectivity index (χ1) is 15.0. The molecule has 8 nitrogen and oxygen atoms in total. The summed E-state index contributed by atoms with van der Waals surface area (Å²) >= 11 is 0. The van der Waals surface area contributed by atoms with Crippen molar-refractivity contribution in [1.82, 2.24) is 19.9 Å². The summed E-state index contributed by atoms with van der Waals surface area (Å²) in [5.74, 6) is 0.179. The van der Waals surface area contributed by atoms with Gasteiger partial charge in [0.1, 0.15) is 17.7 Å². The molecule has 3 heterocycles. The largest absolute Gasteiger partial charge is 0.384 e. The van der Waals surface area contributed by atoms with Crippen LogP contribution in [0.4, 0.5) is 16.2 Å². The summed E-state index contributed by atoms with van der Waals surface area (Å²) in [6.45, 7) is 3.12. The molecule has 0 atom stereocenters. The fourth-order valence-electron chi connectivity index (χ4n) is 3.69. The molecule has 0 aliphatic carbocycles. The number of nitriles is 1. The van der Waals surface area contributed by atoms with Crippen LogP contribution >= 0.6 is 0 Å². The lowest BCUT2D eigenvalue weighted by atomic mass is 10.0. The van der Waals surface area contributed by atoms with Crippen LogP contribution in [0.3, 0.4) is 0 Å². The lowest BCUT2D eigenvalue weighted by molar-refractivity contribution is 0.624. The number of nitrogens with two attached hydrogens (primary N) is 1. The predicted molar refractivity (Wildman–Crippen MR) is 117 cm³/mol. The van der Waals surface area contributed by atoms with Gasteiger partial charge < -0.3 is 16.0 Å². The quantitative estimate of drug-likeness (QED) is 0.667. The van der Waals surface area contributed by atoms with Crippen LogP contribution in [0.15, 0.2) is 41.3 Å². The number of aromatic nitrogens is 3. The highest BCUT2D eigenvalue weighted by atomic mass is 19.1. The number of hydrogen-bond acceptors (Lipinski definition) is 7. The van der Waals surface area contributed by atoms with Crippen LogP contribution in [0.2, 0.25) is 0 Å². The van der Waals surface area contributed by atoms with Crippen molar-refractivity contribution in [3.05, 3.63) is 58.3 Å². The van der Waals surface area contributed by atoms with Gasteiger partial charge in [0.2, 0.25) is 5.95 Å². The van der Waals surface area contributed by atoms with Gasteiger partial charge in [-0.25, -0.2) is 14.4 Å². The van der Waals surface area contributed by atoms with Crippen LogP contribution in [-0.2, 0) is 7.05 Å². The van der Waals surface area contributed by atoms with Crippen molar-refractivity contribution in [3.63, 3.8) is 0 Å². The van der Waals surface area contributed by atoms with Gasteiger partial charge in [0.05, 0.1) is 16.8 Å². The van der Waals surface area contributed by atoms with Gasteiger partial charge in [-0.3, -0.25) is 9.36 Å². The van der Waals surface area contributed by atoms with E-state index in [2.05, 4.69) is 15.2 Å². The van der Waals surface area contributed by atoms with Crippen LogP contribution in [0.1, 0.15) is 12.0 Å². The van der Waals surface area contributed by atoms with E-state index in [1.807, 2.05) is 6.07 Å². The zero-order chi connectivity index (χ0) is 22.0.